The molecule has 0 aliphatic heterocycles. The standard InChI is InChI=1S/C13H13BrFNO3/c14-10-4-2-7(6-11(10)15)12(17)16-9-3-1-8(5-9)13(18)19/h2,4,6,8-9H,1,3,5H2,(H,16,17)(H,18,19). The molecule has 1 amide bonds. The molecule has 19 heavy (non-hydrogen) atoms. The van der Waals surface area contributed by atoms with E-state index in [4.69, 9.17) is 5.11 Å². The Balaban J connectivity index is 1.98. The van der Waals surface area contributed by atoms with Crippen LogP contribution in [-0.4, -0.2) is 23.0 Å². The number of halogens is 2. The normalized spacial score (nSPS) is 22.2. The summed E-state index contributed by atoms with van der Waals surface area (Å²) in [5.41, 5.74) is 0.236. The van der Waals surface area contributed by atoms with Gasteiger partial charge in [-0.2, -0.15) is 0 Å². The number of amides is 1. The van der Waals surface area contributed by atoms with Gasteiger partial charge in [-0.15, -0.1) is 0 Å². The number of carbonyl (C=O) groups excluding carboxylic acids is 1. The molecule has 6 heteroatoms. The highest BCUT2D eigenvalue weighted by molar-refractivity contribution is 9.10. The molecular weight excluding hydrogens is 317 g/mol. The summed E-state index contributed by atoms with van der Waals surface area (Å²) < 4.78 is 13.6. The second-order valence-electron chi connectivity index (χ2n) is 4.65. The Labute approximate surface area is 118 Å². The van der Waals surface area contributed by atoms with Gasteiger partial charge in [0, 0.05) is 11.6 Å². The number of carbonyl (C=O) groups is 2. The zero-order valence-corrected chi connectivity index (χ0v) is 11.6. The van der Waals surface area contributed by atoms with Gasteiger partial charge in [0.2, 0.25) is 0 Å². The SMILES string of the molecule is O=C(NC1CCC(C(=O)O)C1)c1ccc(Br)c(F)c1. The van der Waals surface area contributed by atoms with Gasteiger partial charge in [0.1, 0.15) is 5.82 Å². The third-order valence-electron chi connectivity index (χ3n) is 3.30. The lowest BCUT2D eigenvalue weighted by Gasteiger charge is -2.12. The van der Waals surface area contributed by atoms with E-state index in [0.29, 0.717) is 23.7 Å². The van der Waals surface area contributed by atoms with E-state index in [0.717, 1.165) is 6.07 Å². The molecule has 2 unspecified atom stereocenters. The molecule has 1 aromatic carbocycles. The summed E-state index contributed by atoms with van der Waals surface area (Å²) in [6.45, 7) is 0. The number of benzene rings is 1. The molecule has 1 aliphatic rings. The molecule has 0 aromatic heterocycles. The largest absolute Gasteiger partial charge is 0.481 e. The quantitative estimate of drug-likeness (QED) is 0.895. The number of aliphatic carboxylic acids is 1. The summed E-state index contributed by atoms with van der Waals surface area (Å²) in [5.74, 6) is -2.09. The maximum absolute atomic E-state index is 13.3. The topological polar surface area (TPSA) is 66.4 Å². The van der Waals surface area contributed by atoms with Crippen LogP contribution in [0.5, 0.6) is 0 Å². The molecule has 0 spiro atoms. The molecule has 1 saturated carbocycles. The van der Waals surface area contributed by atoms with Crippen LogP contribution in [0.4, 0.5) is 4.39 Å². The smallest absolute Gasteiger partial charge is 0.306 e. The van der Waals surface area contributed by atoms with Gasteiger partial charge in [0.05, 0.1) is 10.4 Å². The number of carboxylic acids is 1. The van der Waals surface area contributed by atoms with Crippen molar-refractivity contribution < 1.29 is 19.1 Å². The fourth-order valence-corrected chi connectivity index (χ4v) is 2.49. The predicted octanol–water partition coefficient (Wildman–Crippen LogP) is 2.57. The molecule has 1 fully saturated rings. The monoisotopic (exact) mass is 329 g/mol. The van der Waals surface area contributed by atoms with Crippen LogP contribution in [0.2, 0.25) is 0 Å². The van der Waals surface area contributed by atoms with Gasteiger partial charge in [-0.25, -0.2) is 4.39 Å². The molecule has 1 aromatic rings. The Morgan fingerprint density at radius 2 is 2.11 bits per heavy atom. The third-order valence-corrected chi connectivity index (χ3v) is 3.94. The van der Waals surface area contributed by atoms with Gasteiger partial charge in [0.25, 0.3) is 5.91 Å². The van der Waals surface area contributed by atoms with Crippen molar-refractivity contribution in [2.45, 2.75) is 25.3 Å². The first kappa shape index (κ1) is 14.0. The lowest BCUT2D eigenvalue weighted by atomic mass is 10.1. The highest BCUT2D eigenvalue weighted by atomic mass is 79.9. The molecular formula is C13H13BrFNO3. The minimum atomic E-state index is -0.827. The summed E-state index contributed by atoms with van der Waals surface area (Å²) in [7, 11) is 0. The van der Waals surface area contributed by atoms with E-state index >= 15 is 0 Å². The lowest BCUT2D eigenvalue weighted by molar-refractivity contribution is -0.141. The van der Waals surface area contributed by atoms with Crippen LogP contribution < -0.4 is 5.32 Å². The van der Waals surface area contributed by atoms with E-state index in [9.17, 15) is 14.0 Å². The van der Waals surface area contributed by atoms with Crippen molar-refractivity contribution in [1.82, 2.24) is 5.32 Å². The van der Waals surface area contributed by atoms with Gasteiger partial charge in [-0.3, -0.25) is 9.59 Å². The molecule has 4 nitrogen and oxygen atoms in total. The van der Waals surface area contributed by atoms with Crippen molar-refractivity contribution in [3.63, 3.8) is 0 Å². The summed E-state index contributed by atoms with van der Waals surface area (Å²) in [5, 5.41) is 11.6. The van der Waals surface area contributed by atoms with Gasteiger partial charge in [0.15, 0.2) is 0 Å². The van der Waals surface area contributed by atoms with E-state index < -0.39 is 17.7 Å². The molecule has 102 valence electrons. The Morgan fingerprint density at radius 3 is 2.68 bits per heavy atom. The highest BCUT2D eigenvalue weighted by Crippen LogP contribution is 2.26. The van der Waals surface area contributed by atoms with Gasteiger partial charge in [-0.1, -0.05) is 0 Å². The van der Waals surface area contributed by atoms with E-state index in [1.165, 1.54) is 12.1 Å². The third kappa shape index (κ3) is 3.32. The average Bonchev–Trinajstić information content (AvgIpc) is 2.81. The van der Waals surface area contributed by atoms with E-state index in [-0.39, 0.29) is 17.5 Å². The summed E-state index contributed by atoms with van der Waals surface area (Å²) in [4.78, 5) is 22.7. The van der Waals surface area contributed by atoms with E-state index in [1.54, 1.807) is 0 Å². The molecule has 0 heterocycles. The molecule has 0 saturated heterocycles. The summed E-state index contributed by atoms with van der Waals surface area (Å²) in [6, 6.07) is 3.99. The van der Waals surface area contributed by atoms with Crippen LogP contribution in [0, 0.1) is 11.7 Å². The van der Waals surface area contributed by atoms with E-state index in [1.807, 2.05) is 0 Å². The minimum absolute atomic E-state index is 0.152. The molecule has 0 radical (unpaired) electrons. The molecule has 2 atom stereocenters. The van der Waals surface area contributed by atoms with Crippen LogP contribution in [0.1, 0.15) is 29.6 Å². The van der Waals surface area contributed by atoms with Crippen molar-refractivity contribution in [3.8, 4) is 0 Å². The first-order valence-electron chi connectivity index (χ1n) is 5.96. The summed E-state index contributed by atoms with van der Waals surface area (Å²) in [6.07, 6.45) is 1.64. The van der Waals surface area contributed by atoms with Crippen molar-refractivity contribution >= 4 is 27.8 Å². The molecule has 1 aliphatic carbocycles. The second-order valence-corrected chi connectivity index (χ2v) is 5.50. The van der Waals surface area contributed by atoms with Crippen molar-refractivity contribution in [3.05, 3.63) is 34.1 Å². The van der Waals surface area contributed by atoms with Crippen molar-refractivity contribution in [2.24, 2.45) is 5.92 Å². The predicted molar refractivity (Wildman–Crippen MR) is 70.3 cm³/mol. The Kier molecular flexibility index (Phi) is 4.19. The summed E-state index contributed by atoms with van der Waals surface area (Å²) >= 11 is 3.02. The Morgan fingerprint density at radius 1 is 1.37 bits per heavy atom. The fourth-order valence-electron chi connectivity index (χ4n) is 2.24. The molecule has 2 N–H and O–H groups in total. The number of hydrogen-bond acceptors (Lipinski definition) is 2. The van der Waals surface area contributed by atoms with Gasteiger partial charge < -0.3 is 10.4 Å². The fraction of sp³-hybridized carbons (Fsp3) is 0.385. The van der Waals surface area contributed by atoms with Gasteiger partial charge in [-0.05, 0) is 53.4 Å². The van der Waals surface area contributed by atoms with Crippen molar-refractivity contribution in [2.75, 3.05) is 0 Å². The average molecular weight is 330 g/mol. The van der Waals surface area contributed by atoms with E-state index in [2.05, 4.69) is 21.2 Å². The van der Waals surface area contributed by atoms with Crippen LogP contribution in [0.3, 0.4) is 0 Å². The zero-order chi connectivity index (χ0) is 14.0. The van der Waals surface area contributed by atoms with Crippen LogP contribution >= 0.6 is 15.9 Å². The number of rotatable bonds is 3. The first-order valence-corrected chi connectivity index (χ1v) is 6.75. The zero-order valence-electron chi connectivity index (χ0n) is 10.0. The second kappa shape index (κ2) is 5.69. The first-order chi connectivity index (χ1) is 8.97. The van der Waals surface area contributed by atoms with Crippen LogP contribution in [0.25, 0.3) is 0 Å². The Hall–Kier alpha value is -1.43. The minimum Gasteiger partial charge on any atom is -0.481 e. The lowest BCUT2D eigenvalue weighted by Crippen LogP contribution is -2.33. The number of hydrogen-bond donors (Lipinski definition) is 2. The van der Waals surface area contributed by atoms with Crippen molar-refractivity contribution in [1.29, 1.82) is 0 Å². The number of carboxylic acid groups (broad SMARTS) is 1. The Bertz CT molecular complexity index is 521. The maximum Gasteiger partial charge on any atom is 0.306 e. The maximum atomic E-state index is 13.3. The van der Waals surface area contributed by atoms with Gasteiger partial charge >= 0.3 is 5.97 Å². The molecule has 0 bridgehead atoms. The number of nitrogens with one attached hydrogen (secondary N) is 1. The highest BCUT2D eigenvalue weighted by Gasteiger charge is 2.30. The van der Waals surface area contributed by atoms with Crippen LogP contribution in [-0.2, 0) is 4.79 Å². The molecule has 2 rings (SSSR count). The van der Waals surface area contributed by atoms with Crippen LogP contribution in [0.15, 0.2) is 22.7 Å².